The first kappa shape index (κ1) is 12.9. The molecule has 0 saturated carbocycles. The van der Waals surface area contributed by atoms with Crippen molar-refractivity contribution in [2.24, 2.45) is 11.7 Å². The Balaban J connectivity index is 2.39. The fourth-order valence-corrected chi connectivity index (χ4v) is 2.82. The van der Waals surface area contributed by atoms with Crippen molar-refractivity contribution in [2.45, 2.75) is 39.7 Å². The Labute approximate surface area is 109 Å². The van der Waals surface area contributed by atoms with E-state index in [1.54, 1.807) is 0 Å². The molecule has 1 aromatic rings. The number of aromatic nitrogens is 1. The molecule has 2 atom stereocenters. The van der Waals surface area contributed by atoms with Crippen LogP contribution in [0.25, 0.3) is 0 Å². The second-order valence-electron chi connectivity index (χ2n) is 5.41. The highest BCUT2D eigenvalue weighted by molar-refractivity contribution is 6.01. The molecule has 1 aromatic heterocycles. The van der Waals surface area contributed by atoms with Crippen LogP contribution in [0.3, 0.4) is 0 Å². The monoisotopic (exact) mass is 246 g/mol. The molecule has 0 aliphatic carbocycles. The first-order valence-corrected chi connectivity index (χ1v) is 6.57. The van der Waals surface area contributed by atoms with E-state index >= 15 is 0 Å². The van der Waals surface area contributed by atoms with Gasteiger partial charge in [-0.3, -0.25) is 5.41 Å². The largest absolute Gasteiger partial charge is 0.384 e. The van der Waals surface area contributed by atoms with Crippen LogP contribution in [0.4, 0.5) is 5.82 Å². The van der Waals surface area contributed by atoms with Crippen LogP contribution in [0.5, 0.6) is 0 Å². The van der Waals surface area contributed by atoms with Crippen LogP contribution < -0.4 is 10.6 Å². The highest BCUT2D eigenvalue weighted by atomic mass is 15.2. The maximum atomic E-state index is 7.75. The van der Waals surface area contributed by atoms with Crippen molar-refractivity contribution in [3.05, 3.63) is 23.4 Å². The predicted octanol–water partition coefficient (Wildman–Crippen LogP) is 2.30. The van der Waals surface area contributed by atoms with Crippen molar-refractivity contribution in [3.63, 3.8) is 0 Å². The van der Waals surface area contributed by atoms with Crippen LogP contribution in [0.1, 0.15) is 37.8 Å². The zero-order valence-corrected chi connectivity index (χ0v) is 11.4. The molecule has 0 spiro atoms. The number of piperidine rings is 1. The summed E-state index contributed by atoms with van der Waals surface area (Å²) in [5.74, 6) is 1.75. The van der Waals surface area contributed by atoms with Crippen molar-refractivity contribution in [3.8, 4) is 0 Å². The molecule has 1 aliphatic rings. The third kappa shape index (κ3) is 2.33. The Kier molecular flexibility index (Phi) is 3.55. The number of nitrogens with zero attached hydrogens (tertiary/aromatic N) is 2. The summed E-state index contributed by atoms with van der Waals surface area (Å²) in [6, 6.07) is 2.37. The second kappa shape index (κ2) is 4.96. The van der Waals surface area contributed by atoms with Crippen LogP contribution in [-0.2, 0) is 0 Å². The van der Waals surface area contributed by atoms with Gasteiger partial charge in [-0.2, -0.15) is 0 Å². The van der Waals surface area contributed by atoms with E-state index in [0.29, 0.717) is 6.04 Å². The molecule has 0 radical (unpaired) electrons. The molecule has 98 valence electrons. The molecule has 2 heterocycles. The zero-order valence-electron chi connectivity index (χ0n) is 11.4. The van der Waals surface area contributed by atoms with E-state index in [4.69, 9.17) is 11.1 Å². The molecule has 4 heteroatoms. The topological polar surface area (TPSA) is 66.0 Å². The quantitative estimate of drug-likeness (QED) is 0.621. The molecule has 0 amide bonds. The number of nitrogen functional groups attached to an aromatic ring is 1. The molecule has 3 N–H and O–H groups in total. The minimum Gasteiger partial charge on any atom is -0.384 e. The Morgan fingerprint density at radius 2 is 2.22 bits per heavy atom. The van der Waals surface area contributed by atoms with E-state index < -0.39 is 0 Å². The Morgan fingerprint density at radius 1 is 1.50 bits per heavy atom. The van der Waals surface area contributed by atoms with Crippen molar-refractivity contribution in [1.29, 1.82) is 5.41 Å². The highest BCUT2D eigenvalue weighted by Gasteiger charge is 2.26. The van der Waals surface area contributed by atoms with Gasteiger partial charge in [-0.25, -0.2) is 4.98 Å². The number of amidine groups is 1. The van der Waals surface area contributed by atoms with Crippen LogP contribution in [-0.4, -0.2) is 23.4 Å². The minimum absolute atomic E-state index is 0.112. The van der Waals surface area contributed by atoms with E-state index in [-0.39, 0.29) is 5.84 Å². The Bertz CT molecular complexity index is 455. The van der Waals surface area contributed by atoms with E-state index in [1.807, 2.05) is 19.2 Å². The van der Waals surface area contributed by atoms with Gasteiger partial charge in [-0.15, -0.1) is 0 Å². The summed E-state index contributed by atoms with van der Waals surface area (Å²) in [5.41, 5.74) is 7.53. The summed E-state index contributed by atoms with van der Waals surface area (Å²) in [5, 5.41) is 7.75. The highest BCUT2D eigenvalue weighted by Crippen LogP contribution is 2.29. The summed E-state index contributed by atoms with van der Waals surface area (Å²) in [6.07, 6.45) is 4.16. The van der Waals surface area contributed by atoms with Crippen molar-refractivity contribution in [2.75, 3.05) is 11.4 Å². The van der Waals surface area contributed by atoms with Gasteiger partial charge in [-0.1, -0.05) is 6.92 Å². The smallest absolute Gasteiger partial charge is 0.140 e. The van der Waals surface area contributed by atoms with Gasteiger partial charge in [0, 0.05) is 18.8 Å². The molecule has 2 unspecified atom stereocenters. The number of pyridine rings is 1. The van der Waals surface area contributed by atoms with E-state index in [1.165, 1.54) is 12.8 Å². The van der Waals surface area contributed by atoms with Crippen molar-refractivity contribution in [1.82, 2.24) is 4.98 Å². The summed E-state index contributed by atoms with van der Waals surface area (Å²) >= 11 is 0. The van der Waals surface area contributed by atoms with E-state index in [9.17, 15) is 0 Å². The van der Waals surface area contributed by atoms with Gasteiger partial charge in [-0.05, 0) is 44.2 Å². The third-order valence-corrected chi connectivity index (χ3v) is 3.82. The lowest BCUT2D eigenvalue weighted by molar-refractivity contribution is 0.376. The molecule has 1 saturated heterocycles. The van der Waals surface area contributed by atoms with E-state index in [2.05, 4.69) is 23.7 Å². The Hall–Kier alpha value is -1.58. The van der Waals surface area contributed by atoms with E-state index in [0.717, 1.165) is 29.4 Å². The lowest BCUT2D eigenvalue weighted by Gasteiger charge is -2.38. The zero-order chi connectivity index (χ0) is 13.3. The van der Waals surface area contributed by atoms with Gasteiger partial charge in [0.15, 0.2) is 0 Å². The summed E-state index contributed by atoms with van der Waals surface area (Å²) in [4.78, 5) is 6.76. The second-order valence-corrected chi connectivity index (χ2v) is 5.41. The third-order valence-electron chi connectivity index (χ3n) is 3.82. The van der Waals surface area contributed by atoms with Crippen LogP contribution in [0.2, 0.25) is 0 Å². The molecular weight excluding hydrogens is 224 g/mol. The molecule has 18 heavy (non-hydrogen) atoms. The van der Waals surface area contributed by atoms with Gasteiger partial charge in [0.1, 0.15) is 11.7 Å². The average molecular weight is 246 g/mol. The lowest BCUT2D eigenvalue weighted by atomic mass is 9.93. The van der Waals surface area contributed by atoms with Gasteiger partial charge < -0.3 is 10.6 Å². The van der Waals surface area contributed by atoms with Gasteiger partial charge in [0.2, 0.25) is 0 Å². The van der Waals surface area contributed by atoms with Crippen molar-refractivity contribution >= 4 is 11.7 Å². The standard InChI is InChI=1S/C14H22N4/c1-9-5-7-18(11(3)8-9)14-12(13(15)16)10(2)4-6-17-14/h4,6,9,11H,5,7-8H2,1-3H3,(H3,15,16). The van der Waals surface area contributed by atoms with Crippen LogP contribution in [0, 0.1) is 18.3 Å². The number of aryl methyl sites for hydroxylation is 1. The SMILES string of the molecule is Cc1ccnc(N2CCC(C)CC2C)c1C(=N)N. The Morgan fingerprint density at radius 3 is 2.83 bits per heavy atom. The first-order chi connectivity index (χ1) is 8.50. The normalized spacial score (nSPS) is 24.1. The summed E-state index contributed by atoms with van der Waals surface area (Å²) < 4.78 is 0. The maximum Gasteiger partial charge on any atom is 0.140 e. The fraction of sp³-hybridized carbons (Fsp3) is 0.571. The van der Waals surface area contributed by atoms with Gasteiger partial charge in [0.05, 0.1) is 5.56 Å². The molecule has 2 rings (SSSR count). The van der Waals surface area contributed by atoms with Crippen LogP contribution in [0.15, 0.2) is 12.3 Å². The summed E-state index contributed by atoms with van der Waals surface area (Å²) in [6.45, 7) is 7.51. The molecular formula is C14H22N4. The van der Waals surface area contributed by atoms with Crippen LogP contribution >= 0.6 is 0 Å². The number of hydrogen-bond acceptors (Lipinski definition) is 3. The van der Waals surface area contributed by atoms with Crippen molar-refractivity contribution < 1.29 is 0 Å². The van der Waals surface area contributed by atoms with Gasteiger partial charge >= 0.3 is 0 Å². The average Bonchev–Trinajstić information content (AvgIpc) is 2.28. The lowest BCUT2D eigenvalue weighted by Crippen LogP contribution is -2.42. The summed E-state index contributed by atoms with van der Waals surface area (Å²) in [7, 11) is 0. The number of nitrogens with two attached hydrogens (primary N) is 1. The van der Waals surface area contributed by atoms with Gasteiger partial charge in [0.25, 0.3) is 0 Å². The number of rotatable bonds is 2. The number of nitrogens with one attached hydrogen (secondary N) is 1. The maximum absolute atomic E-state index is 7.75. The fourth-order valence-electron chi connectivity index (χ4n) is 2.82. The first-order valence-electron chi connectivity index (χ1n) is 6.57. The number of hydrogen-bond donors (Lipinski definition) is 2. The predicted molar refractivity (Wildman–Crippen MR) is 75.2 cm³/mol. The molecule has 0 aromatic carbocycles. The molecule has 0 bridgehead atoms. The molecule has 4 nitrogen and oxygen atoms in total. The molecule has 1 aliphatic heterocycles. The molecule has 1 fully saturated rings. The number of anilines is 1. The minimum atomic E-state index is 0.112.